The lowest BCUT2D eigenvalue weighted by Gasteiger charge is -2.28. The second-order valence-corrected chi connectivity index (χ2v) is 5.56. The van der Waals surface area contributed by atoms with Gasteiger partial charge in [-0.25, -0.2) is 0 Å². The van der Waals surface area contributed by atoms with Gasteiger partial charge in [-0.2, -0.15) is 0 Å². The van der Waals surface area contributed by atoms with E-state index in [1.165, 1.54) is 16.7 Å². The van der Waals surface area contributed by atoms with Crippen LogP contribution < -0.4 is 0 Å². The molecule has 0 aromatic heterocycles. The average Bonchev–Trinajstić information content (AvgIpc) is 2.46. The van der Waals surface area contributed by atoms with Crippen LogP contribution in [0.4, 0.5) is 0 Å². The molecule has 1 aromatic rings. The predicted molar refractivity (Wildman–Crippen MR) is 77.3 cm³/mol. The van der Waals surface area contributed by atoms with Gasteiger partial charge in [-0.1, -0.05) is 32.0 Å². The summed E-state index contributed by atoms with van der Waals surface area (Å²) in [5.41, 5.74) is 4.14. The van der Waals surface area contributed by atoms with Crippen molar-refractivity contribution in [3.05, 3.63) is 34.9 Å². The number of benzene rings is 1. The van der Waals surface area contributed by atoms with Crippen LogP contribution in [0.25, 0.3) is 0 Å². The van der Waals surface area contributed by atoms with E-state index in [0.29, 0.717) is 5.92 Å². The Morgan fingerprint density at radius 1 is 1.22 bits per heavy atom. The van der Waals surface area contributed by atoms with Gasteiger partial charge in [-0.15, -0.1) is 11.6 Å². The molecule has 1 heterocycles. The summed E-state index contributed by atoms with van der Waals surface area (Å²) >= 11 is 6.74. The maximum atomic E-state index is 6.74. The molecule has 0 saturated carbocycles. The van der Waals surface area contributed by atoms with Gasteiger partial charge in [0.2, 0.25) is 0 Å². The molecule has 0 amide bonds. The first-order valence-electron chi connectivity index (χ1n) is 7.09. The standard InChI is InChI=1S/C16H23ClO/c1-3-12-5-6-13(4-2)15(11-12)16(17)14-7-9-18-10-8-14/h5-6,11,14,16H,3-4,7-10H2,1-2H3. The summed E-state index contributed by atoms with van der Waals surface area (Å²) in [6.45, 7) is 6.13. The first-order valence-corrected chi connectivity index (χ1v) is 7.53. The molecule has 1 saturated heterocycles. The van der Waals surface area contributed by atoms with Crippen molar-refractivity contribution in [3.8, 4) is 0 Å². The zero-order chi connectivity index (χ0) is 13.0. The van der Waals surface area contributed by atoms with Crippen molar-refractivity contribution in [1.29, 1.82) is 0 Å². The van der Waals surface area contributed by atoms with Crippen LogP contribution in [0.2, 0.25) is 0 Å². The van der Waals surface area contributed by atoms with Crippen molar-refractivity contribution in [2.24, 2.45) is 5.92 Å². The van der Waals surface area contributed by atoms with Crippen LogP contribution in [-0.4, -0.2) is 13.2 Å². The minimum atomic E-state index is 0.148. The van der Waals surface area contributed by atoms with Crippen LogP contribution in [0.15, 0.2) is 18.2 Å². The average molecular weight is 267 g/mol. The SMILES string of the molecule is CCc1ccc(CC)c(C(Cl)C2CCOCC2)c1. The van der Waals surface area contributed by atoms with Gasteiger partial charge in [0.05, 0.1) is 5.38 Å². The Bertz CT molecular complexity index is 383. The van der Waals surface area contributed by atoms with E-state index in [4.69, 9.17) is 16.3 Å². The third-order valence-electron chi connectivity index (χ3n) is 3.98. The molecule has 0 spiro atoms. The Kier molecular flexibility index (Phi) is 5.08. The Morgan fingerprint density at radius 2 is 1.94 bits per heavy atom. The van der Waals surface area contributed by atoms with Crippen molar-refractivity contribution in [3.63, 3.8) is 0 Å². The minimum absolute atomic E-state index is 0.148. The first-order chi connectivity index (χ1) is 8.76. The van der Waals surface area contributed by atoms with E-state index >= 15 is 0 Å². The summed E-state index contributed by atoms with van der Waals surface area (Å²) in [5, 5.41) is 0.148. The Hall–Kier alpha value is -0.530. The highest BCUT2D eigenvalue weighted by atomic mass is 35.5. The molecule has 1 nitrogen and oxygen atoms in total. The van der Waals surface area contributed by atoms with E-state index in [2.05, 4.69) is 32.0 Å². The highest BCUT2D eigenvalue weighted by molar-refractivity contribution is 6.21. The van der Waals surface area contributed by atoms with Crippen molar-refractivity contribution in [2.75, 3.05) is 13.2 Å². The fourth-order valence-electron chi connectivity index (χ4n) is 2.71. The zero-order valence-electron chi connectivity index (χ0n) is 11.4. The fraction of sp³-hybridized carbons (Fsp3) is 0.625. The third kappa shape index (κ3) is 3.07. The van der Waals surface area contributed by atoms with Crippen molar-refractivity contribution in [2.45, 2.75) is 44.9 Å². The molecule has 100 valence electrons. The van der Waals surface area contributed by atoms with Crippen LogP contribution in [0, 0.1) is 5.92 Å². The largest absolute Gasteiger partial charge is 0.381 e. The van der Waals surface area contributed by atoms with Crippen LogP contribution in [0.5, 0.6) is 0 Å². The molecule has 2 heteroatoms. The fourth-order valence-corrected chi connectivity index (χ4v) is 3.16. The van der Waals surface area contributed by atoms with E-state index in [-0.39, 0.29) is 5.38 Å². The number of aryl methyl sites for hydroxylation is 2. The predicted octanol–water partition coefficient (Wildman–Crippen LogP) is 4.52. The quantitative estimate of drug-likeness (QED) is 0.728. The topological polar surface area (TPSA) is 9.23 Å². The molecule has 1 fully saturated rings. The number of ether oxygens (including phenoxy) is 1. The van der Waals surface area contributed by atoms with E-state index in [9.17, 15) is 0 Å². The molecule has 0 bridgehead atoms. The van der Waals surface area contributed by atoms with E-state index in [1.807, 2.05) is 0 Å². The van der Waals surface area contributed by atoms with Gasteiger partial charge in [0, 0.05) is 13.2 Å². The van der Waals surface area contributed by atoms with Crippen LogP contribution >= 0.6 is 11.6 Å². The highest BCUT2D eigenvalue weighted by Crippen LogP contribution is 2.37. The lowest BCUT2D eigenvalue weighted by atomic mass is 9.88. The smallest absolute Gasteiger partial charge is 0.0617 e. The van der Waals surface area contributed by atoms with Gasteiger partial charge in [-0.05, 0) is 48.3 Å². The second kappa shape index (κ2) is 6.58. The van der Waals surface area contributed by atoms with Gasteiger partial charge in [-0.3, -0.25) is 0 Å². The van der Waals surface area contributed by atoms with Crippen LogP contribution in [-0.2, 0) is 17.6 Å². The van der Waals surface area contributed by atoms with Gasteiger partial charge in [0.25, 0.3) is 0 Å². The van der Waals surface area contributed by atoms with Gasteiger partial charge >= 0.3 is 0 Å². The summed E-state index contributed by atoms with van der Waals surface area (Å²) in [5.74, 6) is 0.567. The molecule has 2 rings (SSSR count). The number of alkyl halides is 1. The normalized spacial score (nSPS) is 18.8. The molecule has 18 heavy (non-hydrogen) atoms. The van der Waals surface area contributed by atoms with Crippen LogP contribution in [0.1, 0.15) is 48.8 Å². The molecular weight excluding hydrogens is 244 g/mol. The summed E-state index contributed by atoms with van der Waals surface area (Å²) in [6, 6.07) is 6.80. The third-order valence-corrected chi connectivity index (χ3v) is 4.57. The monoisotopic (exact) mass is 266 g/mol. The zero-order valence-corrected chi connectivity index (χ0v) is 12.2. The maximum Gasteiger partial charge on any atom is 0.0617 e. The Labute approximate surface area is 115 Å². The van der Waals surface area contributed by atoms with Crippen molar-refractivity contribution < 1.29 is 4.74 Å². The Morgan fingerprint density at radius 3 is 2.56 bits per heavy atom. The second-order valence-electron chi connectivity index (χ2n) is 5.09. The number of hydrogen-bond acceptors (Lipinski definition) is 1. The molecule has 1 atom stereocenters. The van der Waals surface area contributed by atoms with Gasteiger partial charge in [0.15, 0.2) is 0 Å². The van der Waals surface area contributed by atoms with E-state index < -0.39 is 0 Å². The number of rotatable bonds is 4. The minimum Gasteiger partial charge on any atom is -0.381 e. The van der Waals surface area contributed by atoms with Crippen molar-refractivity contribution in [1.82, 2.24) is 0 Å². The first kappa shape index (κ1) is 13.9. The number of hydrogen-bond donors (Lipinski definition) is 0. The molecule has 1 aliphatic heterocycles. The summed E-state index contributed by atoms with van der Waals surface area (Å²) in [7, 11) is 0. The summed E-state index contributed by atoms with van der Waals surface area (Å²) in [4.78, 5) is 0. The Balaban J connectivity index is 2.23. The molecular formula is C16H23ClO. The molecule has 0 N–H and O–H groups in total. The van der Waals surface area contributed by atoms with E-state index in [1.54, 1.807) is 0 Å². The molecule has 1 aromatic carbocycles. The van der Waals surface area contributed by atoms with Crippen LogP contribution in [0.3, 0.4) is 0 Å². The van der Waals surface area contributed by atoms with Crippen molar-refractivity contribution >= 4 is 11.6 Å². The summed E-state index contributed by atoms with van der Waals surface area (Å²) in [6.07, 6.45) is 4.32. The highest BCUT2D eigenvalue weighted by Gasteiger charge is 2.25. The summed E-state index contributed by atoms with van der Waals surface area (Å²) < 4.78 is 5.43. The number of halogens is 1. The molecule has 0 aliphatic carbocycles. The van der Waals surface area contributed by atoms with Gasteiger partial charge in [0.1, 0.15) is 0 Å². The molecule has 1 unspecified atom stereocenters. The lowest BCUT2D eigenvalue weighted by molar-refractivity contribution is 0.0650. The molecule has 0 radical (unpaired) electrons. The maximum absolute atomic E-state index is 6.74. The van der Waals surface area contributed by atoms with Gasteiger partial charge < -0.3 is 4.74 Å². The molecule has 1 aliphatic rings. The lowest BCUT2D eigenvalue weighted by Crippen LogP contribution is -2.20. The van der Waals surface area contributed by atoms with E-state index in [0.717, 1.165) is 38.9 Å².